The Morgan fingerprint density at radius 2 is 1.39 bits per heavy atom. The summed E-state index contributed by atoms with van der Waals surface area (Å²) < 4.78 is 31.9. The maximum absolute atomic E-state index is 14.4. The van der Waals surface area contributed by atoms with E-state index in [0.29, 0.717) is 56.4 Å². The Morgan fingerprint density at radius 1 is 0.806 bits per heavy atom. The van der Waals surface area contributed by atoms with Crippen molar-refractivity contribution in [2.45, 2.75) is 189 Å². The van der Waals surface area contributed by atoms with E-state index in [1.807, 2.05) is 80.5 Å². The molecule has 1 aromatic heterocycles. The van der Waals surface area contributed by atoms with Gasteiger partial charge in [0.05, 0.1) is 30.1 Å². The van der Waals surface area contributed by atoms with E-state index in [0.717, 1.165) is 11.1 Å². The first kappa shape index (κ1) is 75.0. The molecule has 7 heterocycles. The van der Waals surface area contributed by atoms with Gasteiger partial charge in [0.15, 0.2) is 6.23 Å². The van der Waals surface area contributed by atoms with E-state index in [4.69, 9.17) is 80.3 Å². The summed E-state index contributed by atoms with van der Waals surface area (Å²) in [5, 5.41) is 36.4. The minimum atomic E-state index is -5.32. The quantitative estimate of drug-likeness (QED) is 0.0481. The van der Waals surface area contributed by atoms with E-state index >= 15 is 0 Å². The van der Waals surface area contributed by atoms with Gasteiger partial charge in [-0.1, -0.05) is 47.1 Å². The second kappa shape index (κ2) is 28.5. The maximum Gasteiger partial charge on any atom is 3.00 e. The number of carbonyl (C=O) groups is 7. The van der Waals surface area contributed by atoms with Crippen LogP contribution in [0, 0.1) is 71.0 Å². The Bertz CT molecular complexity index is 3600. The molecule has 93 heavy (non-hydrogen) atoms. The Balaban J connectivity index is 0.00000453. The molecule has 2 saturated heterocycles. The van der Waals surface area contributed by atoms with Gasteiger partial charge in [-0.15, -0.1) is 0 Å². The number of aliphatic imine (C=N–C) groups is 3. The number of aryl methyl sites for hydroxylation is 2. The molecule has 15 N–H and O–H groups in total. The van der Waals surface area contributed by atoms with Crippen LogP contribution in [0.4, 0.5) is 0 Å². The Labute approximate surface area is 551 Å². The van der Waals surface area contributed by atoms with Crippen molar-refractivity contribution in [3.8, 4) is 0 Å². The number of nitrogens with two attached hydrogens (primary N) is 6. The number of phosphoric acid groups is 1. The van der Waals surface area contributed by atoms with E-state index in [1.54, 1.807) is 6.92 Å². The molecule has 0 radical (unpaired) electrons. The van der Waals surface area contributed by atoms with Crippen LogP contribution in [0.1, 0.15) is 150 Å². The topological polar surface area (TPSA) is 489 Å². The van der Waals surface area contributed by atoms with E-state index in [2.05, 4.69) is 10.3 Å². The molecule has 508 valence electrons. The first-order valence-electron chi connectivity index (χ1n) is 30.7. The number of hydrogen-bond donors (Lipinski definition) is 9. The van der Waals surface area contributed by atoms with Gasteiger partial charge in [0, 0.05) is 114 Å². The van der Waals surface area contributed by atoms with Crippen molar-refractivity contribution in [2.75, 3.05) is 13.2 Å². The third-order valence-electron chi connectivity index (χ3n) is 20.5. The van der Waals surface area contributed by atoms with Gasteiger partial charge in [-0.2, -0.15) is 5.70 Å². The predicted molar refractivity (Wildman–Crippen MR) is 337 cm³/mol. The van der Waals surface area contributed by atoms with Crippen molar-refractivity contribution in [1.29, 1.82) is 5.26 Å². The summed E-state index contributed by atoms with van der Waals surface area (Å²) >= 11 is 0. The number of ether oxygens (including phenoxy) is 1. The van der Waals surface area contributed by atoms with Gasteiger partial charge in [0.1, 0.15) is 18.3 Å². The molecule has 6 aliphatic heterocycles. The molecule has 30 heteroatoms. The zero-order valence-electron chi connectivity index (χ0n) is 54.4. The molecule has 7 amide bonds. The standard InChI is InChI=1S/C62H90N13O14P.CN.Co/c1-29-20-39-40(21-30(29)2)75(28-70-39)57-52(84)53(41(27-76)87-57)89-90(85,86)88-31(3)26-69-49(83)18-19-59(8)37(22-46(66)80)56-62(11)61(10,25-48(68)82)36(14-17-45(65)79)51(74-62)33(5)55-60(9,24-47(67)81)34(12-15-43(63)77)38(71-55)23-42-58(6,7)35(13-16-44(64)78)50(72-42)32(4)54(59)73-56;1-2;/h20-21,23,28,31,34-37,41,52-53,56-57,76,84H,12-19,22,24-27H2,1-11H3,(H15,63,64,65,66,67,68,69,71,72,73,74,77,78,79,80,81,82,83,85,86);;/q;-1;+3/p-2/t31?,34-,35?,36?,37+,41+,52?,53+,56?,57-,59?,60?,61+,62?;;/m0../s1. The van der Waals surface area contributed by atoms with Crippen LogP contribution in [-0.4, -0.2) is 127 Å². The predicted octanol–water partition coefficient (Wildman–Crippen LogP) is 3.41. The van der Waals surface area contributed by atoms with Crippen LogP contribution in [0.25, 0.3) is 16.4 Å². The van der Waals surface area contributed by atoms with Crippen molar-refractivity contribution >= 4 is 77.3 Å². The van der Waals surface area contributed by atoms with Gasteiger partial charge in [-0.3, -0.25) is 53.1 Å². The number of aliphatic hydroxyl groups excluding tert-OH is 2. The number of phosphoric ester groups is 1. The number of hydrogen-bond acceptors (Lipinski definition) is 19. The number of amides is 7. The molecule has 28 nitrogen and oxygen atoms in total. The summed E-state index contributed by atoms with van der Waals surface area (Å²) in [5.74, 6) is -7.40. The van der Waals surface area contributed by atoms with Crippen molar-refractivity contribution in [3.05, 3.63) is 75.8 Å². The molecule has 6 aliphatic rings. The molecule has 0 spiro atoms. The van der Waals surface area contributed by atoms with E-state index < -0.39 is 143 Å². The average molecular weight is 1360 g/mol. The van der Waals surface area contributed by atoms with Crippen LogP contribution >= 0.6 is 7.82 Å². The monoisotopic (exact) mass is 1350 g/mol. The molecule has 2 fully saturated rings. The summed E-state index contributed by atoms with van der Waals surface area (Å²) in [6.45, 7) is 23.7. The zero-order valence-corrected chi connectivity index (χ0v) is 56.4. The van der Waals surface area contributed by atoms with Gasteiger partial charge in [0.25, 0.3) is 7.82 Å². The Kier molecular flexibility index (Phi) is 23.0. The number of fused-ring (bicyclic) bond motifs is 7. The molecule has 9 unspecified atom stereocenters. The van der Waals surface area contributed by atoms with Crippen LogP contribution in [0.2, 0.25) is 0 Å². The maximum atomic E-state index is 14.4. The minimum Gasteiger partial charge on any atom is -0.756 e. The summed E-state index contributed by atoms with van der Waals surface area (Å²) in [7, 11) is -5.32. The zero-order chi connectivity index (χ0) is 68.7. The first-order valence-corrected chi connectivity index (χ1v) is 32.2. The largest absolute Gasteiger partial charge is 3.00 e. The summed E-state index contributed by atoms with van der Waals surface area (Å²) in [6, 6.07) is 2.65. The van der Waals surface area contributed by atoms with Gasteiger partial charge >= 0.3 is 16.8 Å². The number of allylic oxidation sites excluding steroid dienone is 6. The molecule has 8 bridgehead atoms. The van der Waals surface area contributed by atoms with Crippen LogP contribution in [-0.2, 0) is 68.7 Å². The van der Waals surface area contributed by atoms with Gasteiger partial charge in [0.2, 0.25) is 41.4 Å². The fraction of sp³-hybridized carbons (Fsp3) is 0.619. The second-order valence-electron chi connectivity index (χ2n) is 27.0. The van der Waals surface area contributed by atoms with Crippen LogP contribution in [0.15, 0.2) is 67.8 Å². The third kappa shape index (κ3) is 14.6. The summed E-state index contributed by atoms with van der Waals surface area (Å²) in [6.07, 6.45) is -4.79. The number of nitrogens with one attached hydrogen (secondary N) is 1. The number of rotatable bonds is 26. The van der Waals surface area contributed by atoms with Crippen LogP contribution < -0.4 is 44.6 Å². The smallest absolute Gasteiger partial charge is 0.756 e. The second-order valence-corrected chi connectivity index (χ2v) is 28.3. The molecular weight excluding hydrogens is 1270 g/mol. The molecular formula is C63H88CoN14O14P. The normalized spacial score (nSPS) is 33.1. The van der Waals surface area contributed by atoms with Gasteiger partial charge in [-0.25, -0.2) is 4.98 Å². The average Bonchev–Trinajstić information content (AvgIpc) is 1.53. The number of aromatic nitrogens is 2. The van der Waals surface area contributed by atoms with Gasteiger partial charge < -0.3 is 90.3 Å². The van der Waals surface area contributed by atoms with Crippen LogP contribution in [0.3, 0.4) is 0 Å². The summed E-state index contributed by atoms with van der Waals surface area (Å²) in [4.78, 5) is 128. The first-order chi connectivity index (χ1) is 42.8. The number of aliphatic hydroxyl groups is 2. The Hall–Kier alpha value is -7.00. The van der Waals surface area contributed by atoms with Crippen molar-refractivity contribution in [2.24, 2.45) is 94.7 Å². The molecule has 0 saturated carbocycles. The van der Waals surface area contributed by atoms with Crippen molar-refractivity contribution < 1.29 is 83.8 Å². The van der Waals surface area contributed by atoms with E-state index in [-0.39, 0.29) is 94.0 Å². The van der Waals surface area contributed by atoms with Gasteiger partial charge in [-0.05, 0) is 118 Å². The number of nitrogens with zero attached hydrogens (tertiary/aromatic N) is 7. The summed E-state index contributed by atoms with van der Waals surface area (Å²) in [5.41, 5.74) is 36.7. The fourth-order valence-electron chi connectivity index (χ4n) is 15.3. The third-order valence-corrected chi connectivity index (χ3v) is 21.6. The van der Waals surface area contributed by atoms with Crippen molar-refractivity contribution in [1.82, 2.24) is 14.9 Å². The number of carbonyl (C=O) groups excluding carboxylic acids is 7. The van der Waals surface area contributed by atoms with E-state index in [1.165, 1.54) is 17.8 Å². The number of benzene rings is 1. The van der Waals surface area contributed by atoms with E-state index in [9.17, 15) is 53.2 Å². The SMILES string of the molecule is C/C1=C2N=C(/C=C3N=C(/C(C)=C4\[N-]C(C)(C5N=C1C(C)(CCC(=O)NCC(C)OP(=O)([O-])O[C@H]1C(O)[C@@H](n6cnc7cc(C)c(C)cc76)O[C@@H]1CO)[C@@H]5CC(N)=O)[C@](C)(CC(N)=O)C4CCC(N)=O)C(C)(CC(N)=O)[C@H]\3CCC(N)=O)C(C)(C)C/2CCC(N)=O.[C-]#N.[Co+3]. The fourth-order valence-corrected chi connectivity index (χ4v) is 16.4. The molecule has 8 rings (SSSR count). The molecule has 15 atom stereocenters. The van der Waals surface area contributed by atoms with Crippen molar-refractivity contribution in [3.63, 3.8) is 0 Å². The molecule has 1 aromatic carbocycles. The molecule has 0 aliphatic carbocycles. The number of imidazole rings is 1. The Morgan fingerprint density at radius 3 is 1.96 bits per heavy atom. The minimum absolute atomic E-state index is 0. The number of primary amides is 6. The van der Waals surface area contributed by atoms with Crippen LogP contribution in [0.5, 0.6) is 0 Å². The molecule has 2 aromatic rings.